The van der Waals surface area contributed by atoms with E-state index in [2.05, 4.69) is 11.9 Å². The van der Waals surface area contributed by atoms with Crippen LogP contribution in [0.2, 0.25) is 0 Å². The SMILES string of the molecule is CCCc1cc(-c2ccccc2C(=O)O)ccc1Cc1cc[nH]c1C(=O)O. The maximum atomic E-state index is 11.5. The topological polar surface area (TPSA) is 90.4 Å². The second-order valence-corrected chi connectivity index (χ2v) is 6.44. The fraction of sp³-hybridized carbons (Fsp3) is 0.182. The molecule has 0 fully saturated rings. The van der Waals surface area contributed by atoms with Crippen molar-refractivity contribution in [2.24, 2.45) is 0 Å². The van der Waals surface area contributed by atoms with Gasteiger partial charge in [0.2, 0.25) is 0 Å². The highest BCUT2D eigenvalue weighted by atomic mass is 16.4. The molecule has 0 aliphatic rings. The number of carboxylic acid groups (broad SMARTS) is 2. The minimum atomic E-state index is -0.973. The molecule has 1 heterocycles. The summed E-state index contributed by atoms with van der Waals surface area (Å²) in [6.45, 7) is 2.08. The molecule has 0 saturated heterocycles. The molecule has 0 saturated carbocycles. The standard InChI is InChI=1S/C22H21NO4/c1-2-5-14-12-16(18-6-3-4-7-19(18)21(24)25)9-8-15(14)13-17-10-11-23-20(17)22(26)27/h3-4,6-12,23H,2,5,13H2,1H3,(H,24,25)(H,26,27). The van der Waals surface area contributed by atoms with Crippen LogP contribution < -0.4 is 0 Å². The quantitative estimate of drug-likeness (QED) is 0.571. The number of H-pyrrole nitrogens is 1. The van der Waals surface area contributed by atoms with Crippen molar-refractivity contribution in [3.8, 4) is 11.1 Å². The number of aryl methyl sites for hydroxylation is 1. The summed E-state index contributed by atoms with van der Waals surface area (Å²) in [6, 6.07) is 14.6. The normalized spacial score (nSPS) is 10.7. The number of benzene rings is 2. The number of carbonyl (C=O) groups is 2. The second-order valence-electron chi connectivity index (χ2n) is 6.44. The van der Waals surface area contributed by atoms with Crippen molar-refractivity contribution in [3.05, 3.63) is 82.7 Å². The third-order valence-electron chi connectivity index (χ3n) is 4.62. The van der Waals surface area contributed by atoms with Crippen LogP contribution in [0.3, 0.4) is 0 Å². The van der Waals surface area contributed by atoms with E-state index in [0.29, 0.717) is 12.0 Å². The largest absolute Gasteiger partial charge is 0.478 e. The number of aromatic carboxylic acids is 2. The van der Waals surface area contributed by atoms with Crippen molar-refractivity contribution in [1.29, 1.82) is 0 Å². The van der Waals surface area contributed by atoms with Gasteiger partial charge in [0, 0.05) is 12.6 Å². The predicted octanol–water partition coefficient (Wildman–Crippen LogP) is 4.62. The minimum Gasteiger partial charge on any atom is -0.478 e. The van der Waals surface area contributed by atoms with Gasteiger partial charge in [0.15, 0.2) is 0 Å². The first-order chi connectivity index (χ1) is 13.0. The lowest BCUT2D eigenvalue weighted by Gasteiger charge is -2.13. The van der Waals surface area contributed by atoms with Gasteiger partial charge >= 0.3 is 11.9 Å². The molecule has 0 amide bonds. The summed E-state index contributed by atoms with van der Waals surface area (Å²) in [5.74, 6) is -1.93. The lowest BCUT2D eigenvalue weighted by atomic mass is 9.91. The first-order valence-corrected chi connectivity index (χ1v) is 8.85. The molecule has 0 atom stereocenters. The van der Waals surface area contributed by atoms with Crippen LogP contribution in [-0.4, -0.2) is 27.1 Å². The highest BCUT2D eigenvalue weighted by Crippen LogP contribution is 2.28. The Morgan fingerprint density at radius 3 is 2.41 bits per heavy atom. The average molecular weight is 363 g/mol. The van der Waals surface area contributed by atoms with Gasteiger partial charge in [0.1, 0.15) is 5.69 Å². The first-order valence-electron chi connectivity index (χ1n) is 8.85. The fourth-order valence-corrected chi connectivity index (χ4v) is 3.34. The van der Waals surface area contributed by atoms with Crippen LogP contribution in [0.5, 0.6) is 0 Å². The molecule has 0 aliphatic heterocycles. The van der Waals surface area contributed by atoms with Gasteiger partial charge in [-0.25, -0.2) is 9.59 Å². The third kappa shape index (κ3) is 3.92. The van der Waals surface area contributed by atoms with E-state index < -0.39 is 11.9 Å². The van der Waals surface area contributed by atoms with Crippen molar-refractivity contribution in [2.45, 2.75) is 26.2 Å². The molecule has 1 aromatic heterocycles. The van der Waals surface area contributed by atoms with E-state index in [0.717, 1.165) is 35.1 Å². The number of aromatic nitrogens is 1. The molecule has 0 unspecified atom stereocenters. The lowest BCUT2D eigenvalue weighted by Crippen LogP contribution is -2.04. The Morgan fingerprint density at radius 1 is 0.926 bits per heavy atom. The van der Waals surface area contributed by atoms with Crippen LogP contribution in [0.1, 0.15) is 50.9 Å². The molecule has 3 rings (SSSR count). The van der Waals surface area contributed by atoms with E-state index in [-0.39, 0.29) is 11.3 Å². The fourth-order valence-electron chi connectivity index (χ4n) is 3.34. The second kappa shape index (κ2) is 7.91. The summed E-state index contributed by atoms with van der Waals surface area (Å²) in [6.07, 6.45) is 3.93. The van der Waals surface area contributed by atoms with Gasteiger partial charge in [0.05, 0.1) is 5.56 Å². The van der Waals surface area contributed by atoms with Gasteiger partial charge in [-0.2, -0.15) is 0 Å². The third-order valence-corrected chi connectivity index (χ3v) is 4.62. The van der Waals surface area contributed by atoms with E-state index in [1.54, 1.807) is 24.4 Å². The van der Waals surface area contributed by atoms with Crippen LogP contribution in [0.15, 0.2) is 54.7 Å². The number of nitrogens with one attached hydrogen (secondary N) is 1. The molecule has 0 bridgehead atoms. The summed E-state index contributed by atoms with van der Waals surface area (Å²) in [5.41, 5.74) is 4.90. The lowest BCUT2D eigenvalue weighted by molar-refractivity contribution is 0.0682. The van der Waals surface area contributed by atoms with Gasteiger partial charge < -0.3 is 15.2 Å². The Balaban J connectivity index is 2.02. The van der Waals surface area contributed by atoms with Crippen molar-refractivity contribution in [1.82, 2.24) is 4.98 Å². The van der Waals surface area contributed by atoms with E-state index >= 15 is 0 Å². The zero-order valence-electron chi connectivity index (χ0n) is 15.0. The predicted molar refractivity (Wildman–Crippen MR) is 103 cm³/mol. The number of aromatic amines is 1. The van der Waals surface area contributed by atoms with E-state index in [1.165, 1.54) is 0 Å². The van der Waals surface area contributed by atoms with E-state index in [4.69, 9.17) is 0 Å². The molecule has 3 aromatic rings. The zero-order valence-corrected chi connectivity index (χ0v) is 15.0. The smallest absolute Gasteiger partial charge is 0.352 e. The van der Waals surface area contributed by atoms with Crippen LogP contribution in [0.25, 0.3) is 11.1 Å². The van der Waals surface area contributed by atoms with Crippen LogP contribution in [-0.2, 0) is 12.8 Å². The highest BCUT2D eigenvalue weighted by molar-refractivity contribution is 5.96. The number of hydrogen-bond donors (Lipinski definition) is 3. The summed E-state index contributed by atoms with van der Waals surface area (Å²) in [7, 11) is 0. The molecule has 3 N–H and O–H groups in total. The molecular formula is C22H21NO4. The van der Waals surface area contributed by atoms with Gasteiger partial charge in [-0.3, -0.25) is 0 Å². The van der Waals surface area contributed by atoms with Gasteiger partial charge in [-0.15, -0.1) is 0 Å². The molecule has 27 heavy (non-hydrogen) atoms. The number of carboxylic acids is 2. The van der Waals surface area contributed by atoms with Crippen LogP contribution >= 0.6 is 0 Å². The molecule has 5 nitrogen and oxygen atoms in total. The molecule has 138 valence electrons. The summed E-state index contributed by atoms with van der Waals surface area (Å²) >= 11 is 0. The van der Waals surface area contributed by atoms with E-state index in [9.17, 15) is 19.8 Å². The van der Waals surface area contributed by atoms with Crippen molar-refractivity contribution >= 4 is 11.9 Å². The van der Waals surface area contributed by atoms with Crippen LogP contribution in [0.4, 0.5) is 0 Å². The van der Waals surface area contributed by atoms with Crippen molar-refractivity contribution in [2.75, 3.05) is 0 Å². The Kier molecular flexibility index (Phi) is 5.41. The van der Waals surface area contributed by atoms with Crippen molar-refractivity contribution in [3.63, 3.8) is 0 Å². The average Bonchev–Trinajstić information content (AvgIpc) is 3.12. The summed E-state index contributed by atoms with van der Waals surface area (Å²) < 4.78 is 0. The summed E-state index contributed by atoms with van der Waals surface area (Å²) in [4.78, 5) is 25.6. The van der Waals surface area contributed by atoms with Crippen LogP contribution in [0, 0.1) is 0 Å². The molecule has 2 aromatic carbocycles. The van der Waals surface area contributed by atoms with E-state index in [1.807, 2.05) is 30.3 Å². The Hall–Kier alpha value is -3.34. The molecule has 0 aliphatic carbocycles. The molecule has 0 radical (unpaired) electrons. The minimum absolute atomic E-state index is 0.206. The zero-order chi connectivity index (χ0) is 19.4. The number of hydrogen-bond acceptors (Lipinski definition) is 2. The molecular weight excluding hydrogens is 342 g/mol. The number of rotatable bonds is 7. The van der Waals surface area contributed by atoms with Gasteiger partial charge in [-0.05, 0) is 46.4 Å². The van der Waals surface area contributed by atoms with Gasteiger partial charge in [-0.1, -0.05) is 49.7 Å². The maximum absolute atomic E-state index is 11.5. The van der Waals surface area contributed by atoms with Crippen molar-refractivity contribution < 1.29 is 19.8 Å². The summed E-state index contributed by atoms with van der Waals surface area (Å²) in [5, 5.41) is 18.7. The first kappa shape index (κ1) is 18.5. The highest BCUT2D eigenvalue weighted by Gasteiger charge is 2.15. The monoisotopic (exact) mass is 363 g/mol. The Labute approximate surface area is 157 Å². The molecule has 0 spiro atoms. The van der Waals surface area contributed by atoms with Gasteiger partial charge in [0.25, 0.3) is 0 Å². The Bertz CT molecular complexity index is 987. The Morgan fingerprint density at radius 2 is 1.70 bits per heavy atom. The maximum Gasteiger partial charge on any atom is 0.352 e. The molecule has 5 heteroatoms.